The van der Waals surface area contributed by atoms with Crippen LogP contribution >= 0.6 is 36.8 Å². The van der Waals surface area contributed by atoms with Crippen molar-refractivity contribution in [3.05, 3.63) is 0 Å². The molecule has 0 aliphatic carbocycles. The number of halogens is 2. The predicted molar refractivity (Wildman–Crippen MR) is 65.3 cm³/mol. The Morgan fingerprint density at radius 1 is 1.43 bits per heavy atom. The van der Waals surface area contributed by atoms with Gasteiger partial charge >= 0.3 is 5.97 Å². The van der Waals surface area contributed by atoms with Gasteiger partial charge in [0.2, 0.25) is 0 Å². The molecule has 4 nitrogen and oxygen atoms in total. The highest BCUT2D eigenvalue weighted by molar-refractivity contribution is 7.96. The molecular weight excluding hydrogens is 247 g/mol. The van der Waals surface area contributed by atoms with Crippen LogP contribution in [0.25, 0.3) is 0 Å². The van der Waals surface area contributed by atoms with Crippen molar-refractivity contribution < 1.29 is 9.53 Å². The first kappa shape index (κ1) is 19.8. The number of hydrogen-bond acceptors (Lipinski definition) is 5. The van der Waals surface area contributed by atoms with E-state index in [9.17, 15) is 4.79 Å². The molecule has 0 spiro atoms. The molecule has 0 heterocycles. The summed E-state index contributed by atoms with van der Waals surface area (Å²) in [6.07, 6.45) is 0.447. The summed E-state index contributed by atoms with van der Waals surface area (Å²) in [5, 5.41) is 0. The van der Waals surface area contributed by atoms with Gasteiger partial charge in [0.25, 0.3) is 0 Å². The van der Waals surface area contributed by atoms with Gasteiger partial charge in [-0.1, -0.05) is 11.9 Å². The van der Waals surface area contributed by atoms with Gasteiger partial charge in [-0.15, -0.1) is 24.8 Å². The number of nitrogens with zero attached hydrogens (tertiary/aromatic N) is 1. The third-order valence-corrected chi connectivity index (χ3v) is 1.94. The molecule has 0 aliphatic rings. The summed E-state index contributed by atoms with van der Waals surface area (Å²) in [4.78, 5) is 10.9. The quantitative estimate of drug-likeness (QED) is 0.572. The molecule has 0 rings (SSSR count). The van der Waals surface area contributed by atoms with Crippen LogP contribution in [0.4, 0.5) is 0 Å². The van der Waals surface area contributed by atoms with Crippen molar-refractivity contribution in [2.75, 3.05) is 33.0 Å². The second kappa shape index (κ2) is 13.3. The number of ether oxygens (including phenoxy) is 1. The molecule has 7 heteroatoms. The molecule has 0 saturated carbocycles. The number of nitrogens with two attached hydrogens (primary N) is 1. The molecular formula is C7H18Cl2N2O2S. The van der Waals surface area contributed by atoms with E-state index in [0.29, 0.717) is 19.6 Å². The van der Waals surface area contributed by atoms with E-state index in [-0.39, 0.29) is 30.8 Å². The minimum Gasteiger partial charge on any atom is -0.464 e. The van der Waals surface area contributed by atoms with Crippen LogP contribution in [0.15, 0.2) is 0 Å². The molecule has 0 fully saturated rings. The summed E-state index contributed by atoms with van der Waals surface area (Å²) in [6, 6.07) is 0. The molecule has 0 atom stereocenters. The Morgan fingerprint density at radius 3 is 2.43 bits per heavy atom. The summed E-state index contributed by atoms with van der Waals surface area (Å²) in [7, 11) is 3.88. The van der Waals surface area contributed by atoms with Crippen LogP contribution in [-0.4, -0.2) is 43.3 Å². The third kappa shape index (κ3) is 14.8. The molecule has 0 bridgehead atoms. The molecule has 0 aromatic carbocycles. The summed E-state index contributed by atoms with van der Waals surface area (Å²) in [5.74, 6) is 0.589. The van der Waals surface area contributed by atoms with Crippen molar-refractivity contribution in [3.8, 4) is 0 Å². The smallest absolute Gasteiger partial charge is 0.306 e. The molecule has 2 N–H and O–H groups in total. The lowest BCUT2D eigenvalue weighted by Crippen LogP contribution is -2.14. The highest BCUT2D eigenvalue weighted by Gasteiger charge is 2.01. The number of rotatable bonds is 6. The van der Waals surface area contributed by atoms with Crippen LogP contribution < -0.4 is 5.73 Å². The number of esters is 1. The van der Waals surface area contributed by atoms with Gasteiger partial charge in [-0.2, -0.15) is 0 Å². The Balaban J connectivity index is -0.000000605. The van der Waals surface area contributed by atoms with Crippen LogP contribution in [0.2, 0.25) is 0 Å². The van der Waals surface area contributed by atoms with E-state index >= 15 is 0 Å². The van der Waals surface area contributed by atoms with Gasteiger partial charge < -0.3 is 10.5 Å². The zero-order chi connectivity index (χ0) is 9.40. The monoisotopic (exact) mass is 264 g/mol. The predicted octanol–water partition coefficient (Wildman–Crippen LogP) is 0.932. The SMILES string of the molecule is CN(C)SCCC(=O)OCCN.Cl.Cl. The van der Waals surface area contributed by atoms with Crippen molar-refractivity contribution in [3.63, 3.8) is 0 Å². The molecule has 0 aromatic rings. The lowest BCUT2D eigenvalue weighted by atomic mass is 10.5. The third-order valence-electron chi connectivity index (χ3n) is 1.04. The van der Waals surface area contributed by atoms with Crippen LogP contribution in [0.5, 0.6) is 0 Å². The standard InChI is InChI=1S/C7H16N2O2S.2ClH/c1-9(2)12-6-3-7(10)11-5-4-8;;/h3-6,8H2,1-2H3;2*1H. The number of hydrogen-bond donors (Lipinski definition) is 1. The molecule has 0 amide bonds. The van der Waals surface area contributed by atoms with Crippen LogP contribution in [0.1, 0.15) is 6.42 Å². The van der Waals surface area contributed by atoms with Crippen molar-refractivity contribution in [2.24, 2.45) is 5.73 Å². The van der Waals surface area contributed by atoms with Crippen molar-refractivity contribution in [1.82, 2.24) is 4.31 Å². The summed E-state index contributed by atoms with van der Waals surface area (Å²) in [6.45, 7) is 0.720. The fraction of sp³-hybridized carbons (Fsp3) is 0.857. The average Bonchev–Trinajstić information content (AvgIpc) is 2.00. The van der Waals surface area contributed by atoms with Crippen LogP contribution in [0.3, 0.4) is 0 Å². The van der Waals surface area contributed by atoms with E-state index in [1.54, 1.807) is 11.9 Å². The molecule has 0 saturated heterocycles. The topological polar surface area (TPSA) is 55.6 Å². The first-order valence-corrected chi connectivity index (χ1v) is 4.77. The maximum atomic E-state index is 10.9. The Bertz CT molecular complexity index is 139. The van der Waals surface area contributed by atoms with E-state index < -0.39 is 0 Å². The van der Waals surface area contributed by atoms with E-state index in [4.69, 9.17) is 10.5 Å². The fourth-order valence-electron chi connectivity index (χ4n) is 0.556. The normalized spacial score (nSPS) is 8.86. The van der Waals surface area contributed by atoms with Gasteiger partial charge in [0.1, 0.15) is 6.61 Å². The van der Waals surface area contributed by atoms with Crippen molar-refractivity contribution in [1.29, 1.82) is 0 Å². The van der Waals surface area contributed by atoms with Crippen LogP contribution in [0, 0.1) is 0 Å². The van der Waals surface area contributed by atoms with E-state index in [0.717, 1.165) is 5.75 Å². The minimum absolute atomic E-state index is 0. The molecule has 0 aliphatic heterocycles. The fourth-order valence-corrected chi connectivity index (χ4v) is 1.18. The van der Waals surface area contributed by atoms with Gasteiger partial charge in [-0.05, 0) is 14.1 Å². The van der Waals surface area contributed by atoms with Crippen molar-refractivity contribution in [2.45, 2.75) is 6.42 Å². The lowest BCUT2D eigenvalue weighted by Gasteiger charge is -2.07. The van der Waals surface area contributed by atoms with Gasteiger partial charge in [0.15, 0.2) is 0 Å². The highest BCUT2D eigenvalue weighted by Crippen LogP contribution is 2.04. The number of carbonyl (C=O) groups excluding carboxylic acids is 1. The largest absolute Gasteiger partial charge is 0.464 e. The molecule has 0 unspecified atom stereocenters. The Kier molecular flexibility index (Phi) is 18.9. The second-order valence-corrected chi connectivity index (χ2v) is 3.80. The summed E-state index contributed by atoms with van der Waals surface area (Å²) in [5.41, 5.74) is 5.16. The maximum absolute atomic E-state index is 10.9. The highest BCUT2D eigenvalue weighted by atomic mass is 35.5. The Hall–Kier alpha value is 0.320. The molecule has 14 heavy (non-hydrogen) atoms. The van der Waals surface area contributed by atoms with Gasteiger partial charge in [0, 0.05) is 12.3 Å². The Labute approximate surface area is 102 Å². The summed E-state index contributed by atoms with van der Waals surface area (Å²) >= 11 is 1.59. The molecule has 88 valence electrons. The first-order chi connectivity index (χ1) is 5.66. The van der Waals surface area contributed by atoms with E-state index in [2.05, 4.69) is 0 Å². The van der Waals surface area contributed by atoms with Gasteiger partial charge in [-0.3, -0.25) is 9.10 Å². The zero-order valence-electron chi connectivity index (χ0n) is 8.39. The average molecular weight is 265 g/mol. The van der Waals surface area contributed by atoms with Gasteiger partial charge in [-0.25, -0.2) is 0 Å². The number of carbonyl (C=O) groups is 1. The summed E-state index contributed by atoms with van der Waals surface area (Å²) < 4.78 is 6.73. The van der Waals surface area contributed by atoms with E-state index in [1.807, 2.05) is 18.4 Å². The van der Waals surface area contributed by atoms with Gasteiger partial charge in [0.05, 0.1) is 6.42 Å². The zero-order valence-corrected chi connectivity index (χ0v) is 10.8. The lowest BCUT2D eigenvalue weighted by molar-refractivity contribution is -0.142. The maximum Gasteiger partial charge on any atom is 0.306 e. The molecule has 0 aromatic heterocycles. The van der Waals surface area contributed by atoms with Crippen molar-refractivity contribution >= 4 is 42.7 Å². The first-order valence-electron chi connectivity index (χ1n) is 3.82. The van der Waals surface area contributed by atoms with E-state index in [1.165, 1.54) is 0 Å². The second-order valence-electron chi connectivity index (χ2n) is 2.40. The molecule has 0 radical (unpaired) electrons. The van der Waals surface area contributed by atoms with Crippen LogP contribution in [-0.2, 0) is 9.53 Å². The minimum atomic E-state index is -0.171. The Morgan fingerprint density at radius 2 is 2.00 bits per heavy atom.